The highest BCUT2D eigenvalue weighted by Gasteiger charge is 2.23. The Morgan fingerprint density at radius 3 is 2.79 bits per heavy atom. The summed E-state index contributed by atoms with van der Waals surface area (Å²) in [5.41, 5.74) is 2.25. The van der Waals surface area contributed by atoms with Crippen molar-refractivity contribution in [1.29, 1.82) is 0 Å². The van der Waals surface area contributed by atoms with Gasteiger partial charge in [0.1, 0.15) is 0 Å². The van der Waals surface area contributed by atoms with Gasteiger partial charge in [-0.25, -0.2) is 4.98 Å². The predicted molar refractivity (Wildman–Crippen MR) is 77.9 cm³/mol. The van der Waals surface area contributed by atoms with Crippen LogP contribution in [0.4, 0.5) is 5.13 Å². The molecular formula is C15H16N2OS. The first-order chi connectivity index (χ1) is 9.24. The maximum atomic E-state index is 11.8. The van der Waals surface area contributed by atoms with Crippen LogP contribution >= 0.6 is 11.3 Å². The van der Waals surface area contributed by atoms with Crippen LogP contribution in [-0.2, 0) is 13.0 Å². The van der Waals surface area contributed by atoms with E-state index in [0.717, 1.165) is 35.1 Å². The number of hydrogen-bond donors (Lipinski definition) is 0. The molecule has 0 fully saturated rings. The smallest absolute Gasteiger partial charge is 0.186 e. The van der Waals surface area contributed by atoms with Crippen LogP contribution < -0.4 is 4.90 Å². The van der Waals surface area contributed by atoms with Crippen molar-refractivity contribution in [3.8, 4) is 0 Å². The molecule has 2 aromatic rings. The van der Waals surface area contributed by atoms with Crippen molar-refractivity contribution >= 4 is 22.3 Å². The number of anilines is 1. The highest BCUT2D eigenvalue weighted by atomic mass is 32.1. The van der Waals surface area contributed by atoms with Crippen molar-refractivity contribution in [2.75, 3.05) is 11.9 Å². The number of fused-ring (bicyclic) bond motifs is 1. The molecule has 1 aliphatic rings. The molecule has 0 bridgehead atoms. The Kier molecular flexibility index (Phi) is 3.34. The molecule has 0 amide bonds. The topological polar surface area (TPSA) is 33.2 Å². The zero-order valence-corrected chi connectivity index (χ0v) is 11.7. The van der Waals surface area contributed by atoms with Gasteiger partial charge in [0.2, 0.25) is 0 Å². The molecule has 3 rings (SSSR count). The van der Waals surface area contributed by atoms with Gasteiger partial charge in [0.25, 0.3) is 0 Å². The minimum absolute atomic E-state index is 0.262. The summed E-state index contributed by atoms with van der Waals surface area (Å²) in [5, 5.41) is 0.948. The van der Waals surface area contributed by atoms with E-state index in [1.165, 1.54) is 16.9 Å². The molecule has 0 saturated heterocycles. The predicted octanol–water partition coefficient (Wildman–Crippen LogP) is 3.30. The van der Waals surface area contributed by atoms with Crippen molar-refractivity contribution in [3.63, 3.8) is 0 Å². The fourth-order valence-electron chi connectivity index (χ4n) is 2.34. The average molecular weight is 272 g/mol. The number of nitrogens with zero attached hydrogens (tertiary/aromatic N) is 2. The highest BCUT2D eigenvalue weighted by Crippen LogP contribution is 2.31. The monoisotopic (exact) mass is 272 g/mol. The lowest BCUT2D eigenvalue weighted by atomic mass is 10.0. The van der Waals surface area contributed by atoms with Crippen LogP contribution in [0.15, 0.2) is 30.3 Å². The van der Waals surface area contributed by atoms with E-state index in [0.29, 0.717) is 6.42 Å². The molecule has 0 radical (unpaired) electrons. The molecule has 0 spiro atoms. The quantitative estimate of drug-likeness (QED) is 0.859. The van der Waals surface area contributed by atoms with E-state index in [2.05, 4.69) is 22.0 Å². The van der Waals surface area contributed by atoms with Gasteiger partial charge in [0.05, 0.1) is 10.6 Å². The van der Waals surface area contributed by atoms with Gasteiger partial charge in [-0.3, -0.25) is 4.79 Å². The number of ketones is 1. The van der Waals surface area contributed by atoms with E-state index in [4.69, 9.17) is 0 Å². The van der Waals surface area contributed by atoms with E-state index < -0.39 is 0 Å². The first-order valence-corrected chi connectivity index (χ1v) is 7.33. The minimum Gasteiger partial charge on any atom is -0.347 e. The minimum atomic E-state index is 0.262. The Morgan fingerprint density at radius 2 is 2.05 bits per heavy atom. The zero-order chi connectivity index (χ0) is 13.2. The number of benzene rings is 1. The molecule has 0 atom stereocenters. The number of aromatic nitrogens is 1. The third-order valence-corrected chi connectivity index (χ3v) is 4.60. The summed E-state index contributed by atoms with van der Waals surface area (Å²) >= 11 is 1.54. The maximum absolute atomic E-state index is 11.8. The molecule has 1 aliphatic carbocycles. The van der Waals surface area contributed by atoms with Gasteiger partial charge in [-0.2, -0.15) is 0 Å². The van der Waals surface area contributed by atoms with Gasteiger partial charge in [-0.05, 0) is 18.4 Å². The summed E-state index contributed by atoms with van der Waals surface area (Å²) in [4.78, 5) is 19.4. The lowest BCUT2D eigenvalue weighted by Gasteiger charge is -2.15. The SMILES string of the molecule is CN(Cc1ccccc1)c1nc2c(s1)C(=O)CCC2. The van der Waals surface area contributed by atoms with Crippen LogP contribution in [0.5, 0.6) is 0 Å². The van der Waals surface area contributed by atoms with Gasteiger partial charge in [0, 0.05) is 20.0 Å². The number of carbonyl (C=O) groups excluding carboxylic acids is 1. The summed E-state index contributed by atoms with van der Waals surface area (Å²) in [6.07, 6.45) is 2.56. The van der Waals surface area contributed by atoms with Crippen LogP contribution in [0.1, 0.15) is 33.8 Å². The lowest BCUT2D eigenvalue weighted by Crippen LogP contribution is -2.16. The van der Waals surface area contributed by atoms with Crippen LogP contribution in [0.3, 0.4) is 0 Å². The highest BCUT2D eigenvalue weighted by molar-refractivity contribution is 7.17. The third-order valence-electron chi connectivity index (χ3n) is 3.35. The number of aryl methyl sites for hydroxylation is 1. The Labute approximate surface area is 116 Å². The fourth-order valence-corrected chi connectivity index (χ4v) is 3.38. The molecule has 1 aromatic heterocycles. The molecule has 1 heterocycles. The van der Waals surface area contributed by atoms with Gasteiger partial charge in [-0.1, -0.05) is 41.7 Å². The largest absolute Gasteiger partial charge is 0.347 e. The lowest BCUT2D eigenvalue weighted by molar-refractivity contribution is 0.0976. The van der Waals surface area contributed by atoms with Crippen molar-refractivity contribution < 1.29 is 4.79 Å². The fraction of sp³-hybridized carbons (Fsp3) is 0.333. The van der Waals surface area contributed by atoms with E-state index in [1.807, 2.05) is 25.2 Å². The average Bonchev–Trinajstić information content (AvgIpc) is 2.85. The summed E-state index contributed by atoms with van der Waals surface area (Å²) in [6.45, 7) is 0.821. The summed E-state index contributed by atoms with van der Waals surface area (Å²) in [7, 11) is 2.03. The van der Waals surface area contributed by atoms with E-state index in [-0.39, 0.29) is 5.78 Å². The molecule has 98 valence electrons. The van der Waals surface area contributed by atoms with Crippen molar-refractivity contribution in [2.24, 2.45) is 0 Å². The van der Waals surface area contributed by atoms with Gasteiger partial charge >= 0.3 is 0 Å². The molecule has 0 unspecified atom stereocenters. The zero-order valence-electron chi connectivity index (χ0n) is 10.9. The standard InChI is InChI=1S/C15H16N2OS/c1-17(10-11-6-3-2-4-7-11)15-16-12-8-5-9-13(18)14(12)19-15/h2-4,6-7H,5,8-10H2,1H3. The number of Topliss-reactive ketones (excluding diaryl/α,β-unsaturated/α-hetero) is 1. The van der Waals surface area contributed by atoms with Crippen LogP contribution in [-0.4, -0.2) is 17.8 Å². The molecule has 4 heteroatoms. The second-order valence-electron chi connectivity index (χ2n) is 4.89. The van der Waals surface area contributed by atoms with Crippen LogP contribution in [0.2, 0.25) is 0 Å². The first-order valence-electron chi connectivity index (χ1n) is 6.52. The van der Waals surface area contributed by atoms with Crippen molar-refractivity contribution in [1.82, 2.24) is 4.98 Å². The third kappa shape index (κ3) is 2.54. The van der Waals surface area contributed by atoms with E-state index in [1.54, 1.807) is 0 Å². The number of thiazole rings is 1. The number of hydrogen-bond acceptors (Lipinski definition) is 4. The first kappa shape index (κ1) is 12.4. The maximum Gasteiger partial charge on any atom is 0.186 e. The van der Waals surface area contributed by atoms with Crippen molar-refractivity contribution in [2.45, 2.75) is 25.8 Å². The Morgan fingerprint density at radius 1 is 1.26 bits per heavy atom. The molecule has 0 aliphatic heterocycles. The van der Waals surface area contributed by atoms with E-state index >= 15 is 0 Å². The van der Waals surface area contributed by atoms with Crippen LogP contribution in [0.25, 0.3) is 0 Å². The Bertz CT molecular complexity index is 591. The summed E-state index contributed by atoms with van der Waals surface area (Å²) < 4.78 is 0. The molecule has 0 N–H and O–H groups in total. The normalized spacial score (nSPS) is 14.3. The Balaban J connectivity index is 1.81. The second-order valence-corrected chi connectivity index (χ2v) is 5.87. The number of carbonyl (C=O) groups is 1. The Hall–Kier alpha value is -1.68. The molecule has 0 saturated carbocycles. The molecule has 1 aromatic carbocycles. The number of rotatable bonds is 3. The summed E-state index contributed by atoms with van der Waals surface area (Å²) in [5.74, 6) is 0.262. The van der Waals surface area contributed by atoms with Gasteiger partial charge < -0.3 is 4.90 Å². The van der Waals surface area contributed by atoms with Crippen LogP contribution in [0, 0.1) is 0 Å². The molecular weight excluding hydrogens is 256 g/mol. The molecule has 19 heavy (non-hydrogen) atoms. The van der Waals surface area contributed by atoms with Crippen molar-refractivity contribution in [3.05, 3.63) is 46.5 Å². The van der Waals surface area contributed by atoms with Gasteiger partial charge in [-0.15, -0.1) is 0 Å². The van der Waals surface area contributed by atoms with Gasteiger partial charge in [0.15, 0.2) is 10.9 Å². The van der Waals surface area contributed by atoms with E-state index in [9.17, 15) is 4.79 Å². The summed E-state index contributed by atoms with van der Waals surface area (Å²) in [6, 6.07) is 10.3. The molecule has 3 nitrogen and oxygen atoms in total. The second kappa shape index (κ2) is 5.13.